The van der Waals surface area contributed by atoms with E-state index in [1.54, 1.807) is 10.5 Å². The molecule has 0 bridgehead atoms. The lowest BCUT2D eigenvalue weighted by Crippen LogP contribution is -2.48. The van der Waals surface area contributed by atoms with Gasteiger partial charge in [-0.2, -0.15) is 17.0 Å². The number of thiophene rings is 1. The van der Waals surface area contributed by atoms with Gasteiger partial charge in [0.25, 0.3) is 16.1 Å². The molecular weight excluding hydrogens is 412 g/mol. The third-order valence-electron chi connectivity index (χ3n) is 5.20. The standard InChI is InChI=1S/C19H26N4O4S2/c1-13(2)21-18(24)17-16(14-6-5-7-20-19(14)28-17)15-12-23(10-11-27-15)29(25,26)22-8-3-4-9-22/h5-7,13,15H,3-4,8-12H2,1-2H3,(H,21,24)/t15-/m0/s1. The van der Waals surface area contributed by atoms with Gasteiger partial charge >= 0.3 is 0 Å². The lowest BCUT2D eigenvalue weighted by atomic mass is 10.0. The maximum atomic E-state index is 13.0. The van der Waals surface area contributed by atoms with Gasteiger partial charge in [-0.3, -0.25) is 4.79 Å². The number of ether oxygens (including phenoxy) is 1. The topological polar surface area (TPSA) is 91.8 Å². The van der Waals surface area contributed by atoms with Gasteiger partial charge in [0.05, 0.1) is 12.7 Å². The minimum Gasteiger partial charge on any atom is -0.371 e. The number of nitrogens with one attached hydrogen (secondary N) is 1. The smallest absolute Gasteiger partial charge is 0.282 e. The van der Waals surface area contributed by atoms with Gasteiger partial charge in [-0.25, -0.2) is 4.98 Å². The van der Waals surface area contributed by atoms with E-state index in [1.165, 1.54) is 15.6 Å². The largest absolute Gasteiger partial charge is 0.371 e. The van der Waals surface area contributed by atoms with Crippen LogP contribution in [0.4, 0.5) is 0 Å². The van der Waals surface area contributed by atoms with Crippen LogP contribution in [0.2, 0.25) is 0 Å². The predicted molar refractivity (Wildman–Crippen MR) is 112 cm³/mol. The monoisotopic (exact) mass is 438 g/mol. The zero-order valence-electron chi connectivity index (χ0n) is 16.6. The number of aromatic nitrogens is 1. The van der Waals surface area contributed by atoms with Crippen LogP contribution in [0.1, 0.15) is 48.0 Å². The summed E-state index contributed by atoms with van der Waals surface area (Å²) in [6.45, 7) is 5.76. The van der Waals surface area contributed by atoms with Crippen molar-refractivity contribution in [3.63, 3.8) is 0 Å². The number of rotatable bonds is 5. The fourth-order valence-corrected chi connectivity index (χ4v) is 6.63. The highest BCUT2D eigenvalue weighted by atomic mass is 32.2. The molecule has 0 unspecified atom stereocenters. The van der Waals surface area contributed by atoms with Gasteiger partial charge in [0.15, 0.2) is 0 Å². The summed E-state index contributed by atoms with van der Waals surface area (Å²) in [6, 6.07) is 3.73. The van der Waals surface area contributed by atoms with Gasteiger partial charge in [-0.1, -0.05) is 6.07 Å². The lowest BCUT2D eigenvalue weighted by molar-refractivity contribution is -0.00348. The second kappa shape index (κ2) is 8.27. The first-order valence-corrected chi connectivity index (χ1v) is 12.1. The van der Waals surface area contributed by atoms with Gasteiger partial charge in [0.1, 0.15) is 9.71 Å². The molecule has 8 nitrogen and oxygen atoms in total. The third kappa shape index (κ3) is 4.04. The average Bonchev–Trinajstić information content (AvgIpc) is 3.36. The molecule has 2 saturated heterocycles. The third-order valence-corrected chi connectivity index (χ3v) is 8.33. The van der Waals surface area contributed by atoms with E-state index in [4.69, 9.17) is 4.74 Å². The quantitative estimate of drug-likeness (QED) is 0.772. The Morgan fingerprint density at radius 1 is 1.28 bits per heavy atom. The van der Waals surface area contributed by atoms with E-state index in [0.29, 0.717) is 31.1 Å². The first-order valence-electron chi connectivity index (χ1n) is 9.93. The van der Waals surface area contributed by atoms with Crippen molar-refractivity contribution in [2.75, 3.05) is 32.8 Å². The van der Waals surface area contributed by atoms with E-state index in [-0.39, 0.29) is 18.5 Å². The summed E-state index contributed by atoms with van der Waals surface area (Å²) in [7, 11) is -3.52. The zero-order chi connectivity index (χ0) is 20.6. The van der Waals surface area contributed by atoms with Gasteiger partial charge in [0.2, 0.25) is 0 Å². The number of amides is 1. The first kappa shape index (κ1) is 20.7. The number of fused-ring (bicyclic) bond motifs is 1. The van der Waals surface area contributed by atoms with Gasteiger partial charge in [-0.05, 0) is 32.8 Å². The maximum absolute atomic E-state index is 13.0. The van der Waals surface area contributed by atoms with Crippen LogP contribution >= 0.6 is 11.3 Å². The molecule has 1 atom stereocenters. The molecule has 2 aliphatic rings. The Morgan fingerprint density at radius 2 is 2.03 bits per heavy atom. The molecule has 0 spiro atoms. The number of morpholine rings is 1. The molecule has 0 aliphatic carbocycles. The van der Waals surface area contributed by atoms with Crippen molar-refractivity contribution in [2.45, 2.75) is 38.8 Å². The zero-order valence-corrected chi connectivity index (χ0v) is 18.3. The normalized spacial score (nSPS) is 21.8. The van der Waals surface area contributed by atoms with Crippen molar-refractivity contribution in [1.82, 2.24) is 18.9 Å². The second-order valence-electron chi connectivity index (χ2n) is 7.66. The number of pyridine rings is 1. The molecule has 0 radical (unpaired) electrons. The minimum absolute atomic E-state index is 0.00663. The molecule has 0 aromatic carbocycles. The van der Waals surface area contributed by atoms with Crippen LogP contribution in [0.25, 0.3) is 10.2 Å². The molecule has 4 rings (SSSR count). The van der Waals surface area contributed by atoms with Crippen LogP contribution in [-0.2, 0) is 14.9 Å². The molecular formula is C19H26N4O4S2. The molecule has 1 amide bonds. The molecule has 2 aromatic rings. The van der Waals surface area contributed by atoms with Crippen LogP contribution in [0.15, 0.2) is 18.3 Å². The number of carbonyl (C=O) groups is 1. The Balaban J connectivity index is 1.69. The van der Waals surface area contributed by atoms with E-state index >= 15 is 0 Å². The summed E-state index contributed by atoms with van der Waals surface area (Å²) in [5.41, 5.74) is 0.734. The van der Waals surface area contributed by atoms with Crippen LogP contribution in [0, 0.1) is 0 Å². The summed E-state index contributed by atoms with van der Waals surface area (Å²) < 4.78 is 35.1. The molecule has 1 N–H and O–H groups in total. The Labute approximate surface area is 175 Å². The van der Waals surface area contributed by atoms with Crippen LogP contribution in [0.3, 0.4) is 0 Å². The minimum atomic E-state index is -3.52. The highest BCUT2D eigenvalue weighted by Gasteiger charge is 2.38. The Hall–Kier alpha value is -1.59. The van der Waals surface area contributed by atoms with Gasteiger partial charge < -0.3 is 10.1 Å². The molecule has 0 saturated carbocycles. The van der Waals surface area contributed by atoms with E-state index in [9.17, 15) is 13.2 Å². The van der Waals surface area contributed by atoms with Crippen LogP contribution in [-0.4, -0.2) is 66.7 Å². The molecule has 158 valence electrons. The summed E-state index contributed by atoms with van der Waals surface area (Å²) in [6.07, 6.45) is 2.98. The molecule has 2 aromatic heterocycles. The SMILES string of the molecule is CC(C)NC(=O)c1sc2ncccc2c1[C@@H]1CN(S(=O)(=O)N2CCCC2)CCO1. The Kier molecular flexibility index (Phi) is 5.90. The van der Waals surface area contributed by atoms with Crippen molar-refractivity contribution in [2.24, 2.45) is 0 Å². The van der Waals surface area contributed by atoms with E-state index in [0.717, 1.165) is 28.6 Å². The fourth-order valence-electron chi connectivity index (χ4n) is 3.86. The first-order chi connectivity index (χ1) is 13.9. The summed E-state index contributed by atoms with van der Waals surface area (Å²) in [4.78, 5) is 18.5. The number of nitrogens with zero attached hydrogens (tertiary/aromatic N) is 3. The van der Waals surface area contributed by atoms with Crippen molar-refractivity contribution in [1.29, 1.82) is 0 Å². The predicted octanol–water partition coefficient (Wildman–Crippen LogP) is 2.15. The Bertz CT molecular complexity index is 999. The van der Waals surface area contributed by atoms with Crippen LogP contribution in [0.5, 0.6) is 0 Å². The summed E-state index contributed by atoms with van der Waals surface area (Å²) >= 11 is 1.32. The summed E-state index contributed by atoms with van der Waals surface area (Å²) in [5.74, 6) is -0.180. The number of hydrogen-bond donors (Lipinski definition) is 1. The average molecular weight is 439 g/mol. The molecule has 2 aliphatic heterocycles. The fraction of sp³-hybridized carbons (Fsp3) is 0.579. The van der Waals surface area contributed by atoms with Crippen LogP contribution < -0.4 is 5.32 Å². The van der Waals surface area contributed by atoms with Crippen molar-refractivity contribution in [3.05, 3.63) is 28.8 Å². The van der Waals surface area contributed by atoms with Gasteiger partial charge in [0, 0.05) is 49.4 Å². The highest BCUT2D eigenvalue weighted by Crippen LogP contribution is 2.38. The van der Waals surface area contributed by atoms with Crippen molar-refractivity contribution >= 4 is 37.7 Å². The molecule has 4 heterocycles. The second-order valence-corrected chi connectivity index (χ2v) is 10.6. The number of hydrogen-bond acceptors (Lipinski definition) is 6. The van der Waals surface area contributed by atoms with Crippen molar-refractivity contribution in [3.8, 4) is 0 Å². The summed E-state index contributed by atoms with van der Waals surface area (Å²) in [5, 5.41) is 3.78. The number of carbonyl (C=O) groups excluding carboxylic acids is 1. The molecule has 10 heteroatoms. The highest BCUT2D eigenvalue weighted by molar-refractivity contribution is 7.86. The van der Waals surface area contributed by atoms with Crippen molar-refractivity contribution < 1.29 is 17.9 Å². The van der Waals surface area contributed by atoms with Gasteiger partial charge in [-0.15, -0.1) is 11.3 Å². The maximum Gasteiger partial charge on any atom is 0.282 e. The molecule has 2 fully saturated rings. The van der Waals surface area contributed by atoms with E-state index < -0.39 is 16.3 Å². The lowest BCUT2D eigenvalue weighted by Gasteiger charge is -2.34. The van der Waals surface area contributed by atoms with E-state index in [1.807, 2.05) is 26.0 Å². The molecule has 29 heavy (non-hydrogen) atoms. The van der Waals surface area contributed by atoms with E-state index in [2.05, 4.69) is 10.3 Å². The Morgan fingerprint density at radius 3 is 2.76 bits per heavy atom.